The first-order chi connectivity index (χ1) is 12.1. The van der Waals surface area contributed by atoms with Crippen molar-refractivity contribution in [1.29, 1.82) is 0 Å². The second-order valence-electron chi connectivity index (χ2n) is 5.12. The number of furan rings is 1. The topological polar surface area (TPSA) is 101 Å². The summed E-state index contributed by atoms with van der Waals surface area (Å²) in [5.41, 5.74) is 3.68. The van der Waals surface area contributed by atoms with Gasteiger partial charge in [0.2, 0.25) is 0 Å². The number of amides is 1. The molecule has 1 amide bonds. The van der Waals surface area contributed by atoms with E-state index in [2.05, 4.69) is 10.5 Å². The van der Waals surface area contributed by atoms with Crippen LogP contribution in [0.5, 0.6) is 5.75 Å². The van der Waals surface area contributed by atoms with Crippen LogP contribution in [0, 0.1) is 0 Å². The van der Waals surface area contributed by atoms with Gasteiger partial charge >= 0.3 is 11.9 Å². The molecule has 7 nitrogen and oxygen atoms in total. The van der Waals surface area contributed by atoms with Crippen LogP contribution in [0.15, 0.2) is 58.0 Å². The molecule has 0 bridgehead atoms. The Hall–Kier alpha value is -3.61. The molecule has 0 unspecified atom stereocenters. The minimum Gasteiger partial charge on any atom is -0.493 e. The van der Waals surface area contributed by atoms with E-state index in [4.69, 9.17) is 14.3 Å². The number of carboxylic acid groups (broad SMARTS) is 1. The number of benzene rings is 2. The number of carbonyl (C=O) groups is 2. The van der Waals surface area contributed by atoms with Crippen molar-refractivity contribution < 1.29 is 23.8 Å². The third kappa shape index (κ3) is 3.50. The fourth-order valence-corrected chi connectivity index (χ4v) is 2.24. The SMILES string of the molecule is COc1cccc2cc(C(=O)N/N=C\c3ccc(C(=O)O)cc3)oc12. The molecule has 0 aliphatic heterocycles. The molecule has 0 fully saturated rings. The lowest BCUT2D eigenvalue weighted by molar-refractivity contribution is 0.0696. The van der Waals surface area contributed by atoms with Crippen molar-refractivity contribution in [3.63, 3.8) is 0 Å². The van der Waals surface area contributed by atoms with Crippen LogP contribution in [0.4, 0.5) is 0 Å². The second kappa shape index (κ2) is 6.88. The first-order valence-corrected chi connectivity index (χ1v) is 7.32. The number of fused-ring (bicyclic) bond motifs is 1. The van der Waals surface area contributed by atoms with Gasteiger partial charge in [-0.05, 0) is 29.8 Å². The zero-order chi connectivity index (χ0) is 17.8. The van der Waals surface area contributed by atoms with E-state index in [1.54, 1.807) is 30.3 Å². The lowest BCUT2D eigenvalue weighted by Crippen LogP contribution is -2.16. The molecule has 3 aromatic rings. The first kappa shape index (κ1) is 16.3. The molecule has 1 aromatic heterocycles. The van der Waals surface area contributed by atoms with Crippen molar-refractivity contribution in [3.05, 3.63) is 65.4 Å². The van der Waals surface area contributed by atoms with Crippen LogP contribution < -0.4 is 10.2 Å². The molecular formula is C18H14N2O5. The van der Waals surface area contributed by atoms with Gasteiger partial charge in [-0.2, -0.15) is 5.10 Å². The van der Waals surface area contributed by atoms with Gasteiger partial charge in [-0.3, -0.25) is 4.79 Å². The Morgan fingerprint density at radius 1 is 1.20 bits per heavy atom. The summed E-state index contributed by atoms with van der Waals surface area (Å²) >= 11 is 0. The smallest absolute Gasteiger partial charge is 0.335 e. The van der Waals surface area contributed by atoms with Crippen LogP contribution in [0.25, 0.3) is 11.0 Å². The Labute approximate surface area is 142 Å². The molecule has 2 aromatic carbocycles. The number of methoxy groups -OCH3 is 1. The molecule has 0 aliphatic rings. The molecule has 126 valence electrons. The monoisotopic (exact) mass is 338 g/mol. The Morgan fingerprint density at radius 2 is 1.96 bits per heavy atom. The van der Waals surface area contributed by atoms with Gasteiger partial charge in [-0.15, -0.1) is 0 Å². The summed E-state index contributed by atoms with van der Waals surface area (Å²) in [5.74, 6) is -0.856. The highest BCUT2D eigenvalue weighted by Crippen LogP contribution is 2.28. The number of hydrogen-bond acceptors (Lipinski definition) is 5. The molecule has 0 atom stereocenters. The van der Waals surface area contributed by atoms with E-state index in [-0.39, 0.29) is 11.3 Å². The summed E-state index contributed by atoms with van der Waals surface area (Å²) in [6, 6.07) is 13.0. The van der Waals surface area contributed by atoms with Crippen LogP contribution in [0.3, 0.4) is 0 Å². The van der Waals surface area contributed by atoms with E-state index >= 15 is 0 Å². The van der Waals surface area contributed by atoms with Gasteiger partial charge in [0.15, 0.2) is 17.1 Å². The van der Waals surface area contributed by atoms with E-state index in [9.17, 15) is 9.59 Å². The molecule has 1 heterocycles. The summed E-state index contributed by atoms with van der Waals surface area (Å²) in [4.78, 5) is 22.9. The van der Waals surface area contributed by atoms with Gasteiger partial charge in [-0.25, -0.2) is 10.2 Å². The molecule has 0 saturated heterocycles. The third-order valence-corrected chi connectivity index (χ3v) is 3.49. The number of carbonyl (C=O) groups excluding carboxylic acids is 1. The largest absolute Gasteiger partial charge is 0.493 e. The van der Waals surface area contributed by atoms with E-state index in [1.807, 2.05) is 6.07 Å². The highest BCUT2D eigenvalue weighted by atomic mass is 16.5. The van der Waals surface area contributed by atoms with Gasteiger partial charge < -0.3 is 14.3 Å². The van der Waals surface area contributed by atoms with Crippen molar-refractivity contribution >= 4 is 29.1 Å². The molecule has 25 heavy (non-hydrogen) atoms. The Bertz CT molecular complexity index is 957. The van der Waals surface area contributed by atoms with E-state index in [0.717, 1.165) is 5.39 Å². The minimum atomic E-state index is -1.00. The number of hydrogen-bond donors (Lipinski definition) is 2. The number of hydrazone groups is 1. The van der Waals surface area contributed by atoms with E-state index < -0.39 is 11.9 Å². The predicted octanol–water partition coefficient (Wildman–Crippen LogP) is 2.90. The number of nitrogens with zero attached hydrogens (tertiary/aromatic N) is 1. The van der Waals surface area contributed by atoms with Gasteiger partial charge in [0.05, 0.1) is 18.9 Å². The molecule has 0 spiro atoms. The van der Waals surface area contributed by atoms with Gasteiger partial charge in [0, 0.05) is 5.39 Å². The van der Waals surface area contributed by atoms with Gasteiger partial charge in [-0.1, -0.05) is 24.3 Å². The zero-order valence-corrected chi connectivity index (χ0v) is 13.2. The molecule has 0 radical (unpaired) electrons. The number of nitrogens with one attached hydrogen (secondary N) is 1. The first-order valence-electron chi connectivity index (χ1n) is 7.32. The Morgan fingerprint density at radius 3 is 2.64 bits per heavy atom. The maximum atomic E-state index is 12.1. The van der Waals surface area contributed by atoms with Crippen molar-refractivity contribution in [1.82, 2.24) is 5.43 Å². The number of ether oxygens (including phenoxy) is 1. The minimum absolute atomic E-state index is 0.109. The molecule has 0 saturated carbocycles. The third-order valence-electron chi connectivity index (χ3n) is 3.49. The molecule has 3 rings (SSSR count). The fourth-order valence-electron chi connectivity index (χ4n) is 2.24. The van der Waals surface area contributed by atoms with Crippen molar-refractivity contribution in [2.24, 2.45) is 5.10 Å². The maximum absolute atomic E-state index is 12.1. The van der Waals surface area contributed by atoms with Crippen LogP contribution in [0.2, 0.25) is 0 Å². The highest BCUT2D eigenvalue weighted by Gasteiger charge is 2.14. The second-order valence-corrected chi connectivity index (χ2v) is 5.12. The van der Waals surface area contributed by atoms with Crippen molar-refractivity contribution in [3.8, 4) is 5.75 Å². The quantitative estimate of drug-likeness (QED) is 0.550. The summed E-state index contributed by atoms with van der Waals surface area (Å²) < 4.78 is 10.7. The van der Waals surface area contributed by atoms with E-state index in [0.29, 0.717) is 16.9 Å². The van der Waals surface area contributed by atoms with Crippen LogP contribution in [0.1, 0.15) is 26.5 Å². The van der Waals surface area contributed by atoms with E-state index in [1.165, 1.54) is 25.5 Å². The summed E-state index contributed by atoms with van der Waals surface area (Å²) in [7, 11) is 1.52. The number of para-hydroxylation sites is 1. The standard InChI is InChI=1S/C18H14N2O5/c1-24-14-4-2-3-13-9-15(25-16(13)14)17(21)20-19-10-11-5-7-12(8-6-11)18(22)23/h2-10H,1H3,(H,20,21)(H,22,23)/b19-10-. The normalized spacial score (nSPS) is 10.9. The van der Waals surface area contributed by atoms with Crippen molar-refractivity contribution in [2.45, 2.75) is 0 Å². The maximum Gasteiger partial charge on any atom is 0.335 e. The average Bonchev–Trinajstić information content (AvgIpc) is 3.06. The summed E-state index contributed by atoms with van der Waals surface area (Å²) in [6.45, 7) is 0. The number of carboxylic acids is 1. The van der Waals surface area contributed by atoms with Crippen LogP contribution in [-0.4, -0.2) is 30.3 Å². The predicted molar refractivity (Wildman–Crippen MR) is 91.2 cm³/mol. The lowest BCUT2D eigenvalue weighted by atomic mass is 10.1. The van der Waals surface area contributed by atoms with Gasteiger partial charge in [0.1, 0.15) is 0 Å². The Balaban J connectivity index is 1.71. The highest BCUT2D eigenvalue weighted by molar-refractivity contribution is 5.97. The zero-order valence-electron chi connectivity index (χ0n) is 13.2. The van der Waals surface area contributed by atoms with Crippen LogP contribution >= 0.6 is 0 Å². The Kier molecular flexibility index (Phi) is 4.47. The van der Waals surface area contributed by atoms with Crippen molar-refractivity contribution in [2.75, 3.05) is 7.11 Å². The number of rotatable bonds is 5. The summed E-state index contributed by atoms with van der Waals surface area (Å²) in [6.07, 6.45) is 1.41. The summed E-state index contributed by atoms with van der Waals surface area (Å²) in [5, 5.41) is 13.4. The lowest BCUT2D eigenvalue weighted by Gasteiger charge is -1.99. The molecule has 7 heteroatoms. The molecular weight excluding hydrogens is 324 g/mol. The molecule has 0 aliphatic carbocycles. The molecule has 2 N–H and O–H groups in total. The number of aromatic carboxylic acids is 1. The fraction of sp³-hybridized carbons (Fsp3) is 0.0556. The van der Waals surface area contributed by atoms with Crippen LogP contribution in [-0.2, 0) is 0 Å². The average molecular weight is 338 g/mol. The van der Waals surface area contributed by atoms with Gasteiger partial charge in [0.25, 0.3) is 0 Å².